The second-order valence-corrected chi connectivity index (χ2v) is 5.76. The van der Waals surface area contributed by atoms with E-state index < -0.39 is 0 Å². The molecule has 18 heavy (non-hydrogen) atoms. The monoisotopic (exact) mass is 248 g/mol. The molecule has 100 valence electrons. The summed E-state index contributed by atoms with van der Waals surface area (Å²) < 4.78 is 0. The third-order valence-corrected chi connectivity index (χ3v) is 3.04. The van der Waals surface area contributed by atoms with Crippen molar-refractivity contribution in [2.45, 2.75) is 40.2 Å². The molecular formula is C15H24N2O. The lowest BCUT2D eigenvalue weighted by molar-refractivity contribution is -0.122. The van der Waals surface area contributed by atoms with Crippen molar-refractivity contribution in [1.29, 1.82) is 0 Å². The van der Waals surface area contributed by atoms with Gasteiger partial charge < -0.3 is 11.1 Å². The summed E-state index contributed by atoms with van der Waals surface area (Å²) in [6.45, 7) is 8.85. The quantitative estimate of drug-likeness (QED) is 0.860. The van der Waals surface area contributed by atoms with Gasteiger partial charge in [0.1, 0.15) is 0 Å². The molecule has 0 heterocycles. The average Bonchev–Trinajstić information content (AvgIpc) is 2.26. The van der Waals surface area contributed by atoms with Gasteiger partial charge in [-0.3, -0.25) is 4.79 Å². The normalized spacial score (nSPS) is 13.2. The molecule has 0 aliphatic heterocycles. The van der Waals surface area contributed by atoms with Crippen LogP contribution in [-0.4, -0.2) is 12.5 Å². The van der Waals surface area contributed by atoms with E-state index in [0.717, 1.165) is 0 Å². The van der Waals surface area contributed by atoms with Gasteiger partial charge >= 0.3 is 0 Å². The smallest absolute Gasteiger partial charge is 0.221 e. The molecule has 0 bridgehead atoms. The predicted octanol–water partition coefficient (Wildman–Crippen LogP) is 2.55. The maximum atomic E-state index is 11.8. The molecule has 1 rings (SSSR count). The van der Waals surface area contributed by atoms with Crippen LogP contribution in [0.1, 0.15) is 44.4 Å². The summed E-state index contributed by atoms with van der Waals surface area (Å²) in [6.07, 6.45) is 0.373. The first kappa shape index (κ1) is 14.7. The lowest BCUT2D eigenvalue weighted by Gasteiger charge is -2.33. The minimum Gasteiger partial charge on any atom is -0.349 e. The second kappa shape index (κ2) is 6.01. The Morgan fingerprint density at radius 2 is 1.94 bits per heavy atom. The number of hydrogen-bond donors (Lipinski definition) is 2. The molecule has 0 aliphatic rings. The first-order valence-corrected chi connectivity index (χ1v) is 6.41. The van der Waals surface area contributed by atoms with E-state index in [1.807, 2.05) is 12.1 Å². The minimum atomic E-state index is -0.0314. The zero-order valence-electron chi connectivity index (χ0n) is 11.8. The van der Waals surface area contributed by atoms with E-state index in [9.17, 15) is 4.79 Å². The maximum Gasteiger partial charge on any atom is 0.221 e. The summed E-state index contributed by atoms with van der Waals surface area (Å²) in [7, 11) is 0. The number of hydrogen-bond acceptors (Lipinski definition) is 2. The summed E-state index contributed by atoms with van der Waals surface area (Å²) in [5.74, 6) is 0.0145. The highest BCUT2D eigenvalue weighted by atomic mass is 16.1. The van der Waals surface area contributed by atoms with Gasteiger partial charge in [0.15, 0.2) is 0 Å². The van der Waals surface area contributed by atoms with Crippen molar-refractivity contribution in [3.8, 4) is 0 Å². The van der Waals surface area contributed by atoms with E-state index in [0.29, 0.717) is 13.0 Å². The van der Waals surface area contributed by atoms with Crippen LogP contribution in [0.5, 0.6) is 0 Å². The zero-order chi connectivity index (χ0) is 13.8. The highest BCUT2D eigenvalue weighted by Gasteiger charge is 2.28. The van der Waals surface area contributed by atoms with Crippen molar-refractivity contribution in [3.05, 3.63) is 35.4 Å². The molecule has 0 saturated carbocycles. The topological polar surface area (TPSA) is 55.1 Å². The third kappa shape index (κ3) is 3.84. The van der Waals surface area contributed by atoms with Gasteiger partial charge in [0.05, 0.1) is 6.04 Å². The highest BCUT2D eigenvalue weighted by Crippen LogP contribution is 2.34. The lowest BCUT2D eigenvalue weighted by Crippen LogP contribution is -2.37. The Balaban J connectivity index is 3.00. The van der Waals surface area contributed by atoms with Crippen LogP contribution in [0, 0.1) is 12.3 Å². The molecule has 1 atom stereocenters. The van der Waals surface area contributed by atoms with Crippen LogP contribution in [0.15, 0.2) is 24.3 Å². The molecule has 1 amide bonds. The van der Waals surface area contributed by atoms with Crippen LogP contribution in [0.3, 0.4) is 0 Å². The van der Waals surface area contributed by atoms with E-state index in [-0.39, 0.29) is 17.4 Å². The Morgan fingerprint density at radius 3 is 2.44 bits per heavy atom. The van der Waals surface area contributed by atoms with E-state index in [1.54, 1.807) is 0 Å². The number of nitrogens with two attached hydrogens (primary N) is 1. The number of nitrogens with one attached hydrogen (secondary N) is 1. The first-order chi connectivity index (χ1) is 8.36. The van der Waals surface area contributed by atoms with Crippen LogP contribution in [0.2, 0.25) is 0 Å². The van der Waals surface area contributed by atoms with E-state index >= 15 is 0 Å². The second-order valence-electron chi connectivity index (χ2n) is 5.76. The Kier molecular flexibility index (Phi) is 4.91. The Labute approximate surface area is 110 Å². The van der Waals surface area contributed by atoms with Crippen molar-refractivity contribution < 1.29 is 4.79 Å². The number of carbonyl (C=O) groups is 1. The van der Waals surface area contributed by atoms with Gasteiger partial charge in [-0.05, 0) is 23.5 Å². The van der Waals surface area contributed by atoms with Crippen LogP contribution >= 0.6 is 0 Å². The molecule has 1 aromatic carbocycles. The fraction of sp³-hybridized carbons (Fsp3) is 0.533. The average molecular weight is 248 g/mol. The Hall–Kier alpha value is -1.35. The molecule has 1 unspecified atom stereocenters. The van der Waals surface area contributed by atoms with E-state index in [4.69, 9.17) is 5.73 Å². The predicted molar refractivity (Wildman–Crippen MR) is 75.2 cm³/mol. The molecule has 0 radical (unpaired) electrons. The zero-order valence-corrected chi connectivity index (χ0v) is 11.8. The van der Waals surface area contributed by atoms with Gasteiger partial charge in [-0.25, -0.2) is 0 Å². The number of rotatable bonds is 4. The van der Waals surface area contributed by atoms with Crippen LogP contribution < -0.4 is 11.1 Å². The highest BCUT2D eigenvalue weighted by molar-refractivity contribution is 5.76. The van der Waals surface area contributed by atoms with Crippen molar-refractivity contribution in [2.75, 3.05) is 6.54 Å². The summed E-state index contributed by atoms with van der Waals surface area (Å²) in [5, 5.41) is 3.10. The van der Waals surface area contributed by atoms with Gasteiger partial charge in [-0.2, -0.15) is 0 Å². The Morgan fingerprint density at radius 1 is 1.33 bits per heavy atom. The summed E-state index contributed by atoms with van der Waals surface area (Å²) in [6, 6.07) is 8.19. The van der Waals surface area contributed by atoms with Gasteiger partial charge in [0.25, 0.3) is 0 Å². The molecule has 3 heteroatoms. The molecular weight excluding hydrogens is 224 g/mol. The maximum absolute atomic E-state index is 11.8. The number of aryl methyl sites for hydroxylation is 1. The van der Waals surface area contributed by atoms with Crippen molar-refractivity contribution in [3.63, 3.8) is 0 Å². The van der Waals surface area contributed by atoms with Gasteiger partial charge in [0, 0.05) is 13.0 Å². The Bertz CT molecular complexity index is 407. The number of amides is 1. The number of benzene rings is 1. The molecule has 0 aromatic heterocycles. The summed E-state index contributed by atoms with van der Waals surface area (Å²) in [4.78, 5) is 11.8. The molecule has 3 nitrogen and oxygen atoms in total. The first-order valence-electron chi connectivity index (χ1n) is 6.41. The minimum absolute atomic E-state index is 0.0118. The fourth-order valence-electron chi connectivity index (χ4n) is 2.04. The van der Waals surface area contributed by atoms with Crippen molar-refractivity contribution in [1.82, 2.24) is 5.32 Å². The molecule has 3 N–H and O–H groups in total. The van der Waals surface area contributed by atoms with Crippen molar-refractivity contribution in [2.24, 2.45) is 11.1 Å². The fourth-order valence-corrected chi connectivity index (χ4v) is 2.04. The molecule has 1 aromatic rings. The largest absolute Gasteiger partial charge is 0.349 e. The van der Waals surface area contributed by atoms with E-state index in [1.165, 1.54) is 11.1 Å². The standard InChI is InChI=1S/C15H24N2O/c1-11-7-5-6-8-12(11)14(15(2,3)4)17-13(18)9-10-16/h5-8,14H,9-10,16H2,1-4H3,(H,17,18). The molecule has 0 aliphatic carbocycles. The third-order valence-electron chi connectivity index (χ3n) is 3.04. The van der Waals surface area contributed by atoms with Crippen LogP contribution in [0.25, 0.3) is 0 Å². The van der Waals surface area contributed by atoms with Crippen molar-refractivity contribution >= 4 is 5.91 Å². The number of carbonyl (C=O) groups excluding carboxylic acids is 1. The van der Waals surface area contributed by atoms with Gasteiger partial charge in [0.2, 0.25) is 5.91 Å². The summed E-state index contributed by atoms with van der Waals surface area (Å²) >= 11 is 0. The SMILES string of the molecule is Cc1ccccc1C(NC(=O)CCN)C(C)(C)C. The summed E-state index contributed by atoms with van der Waals surface area (Å²) in [5.41, 5.74) is 7.77. The molecule has 0 spiro atoms. The van der Waals surface area contributed by atoms with Gasteiger partial charge in [-0.15, -0.1) is 0 Å². The van der Waals surface area contributed by atoms with Gasteiger partial charge in [-0.1, -0.05) is 45.0 Å². The molecule has 0 saturated heterocycles. The van der Waals surface area contributed by atoms with Crippen LogP contribution in [0.4, 0.5) is 0 Å². The lowest BCUT2D eigenvalue weighted by atomic mass is 9.81. The molecule has 0 fully saturated rings. The van der Waals surface area contributed by atoms with E-state index in [2.05, 4.69) is 45.1 Å². The van der Waals surface area contributed by atoms with Crippen LogP contribution in [-0.2, 0) is 4.79 Å².